The standard InChI is InChI=1S/C20H29N3O3/c1-22(13-15-6-3-4-7-15)10-5-11-23(2)20(25)16-8-9-17-18(12-16)26-14-19(24)21-17/h8-9,12,15H,3-7,10-11,13-14H2,1-2H3,(H,21,24). The van der Waals surface area contributed by atoms with Crippen LogP contribution in [0, 0.1) is 5.92 Å². The van der Waals surface area contributed by atoms with Gasteiger partial charge < -0.3 is 19.9 Å². The SMILES string of the molecule is CN(CCCN(C)C(=O)c1ccc2c(c1)OCC(=O)N2)CC1CCCC1. The molecule has 1 N–H and O–H groups in total. The molecule has 1 aliphatic heterocycles. The Morgan fingerprint density at radius 2 is 2.00 bits per heavy atom. The highest BCUT2D eigenvalue weighted by Gasteiger charge is 2.20. The third-order valence-corrected chi connectivity index (χ3v) is 5.29. The minimum Gasteiger partial charge on any atom is -0.482 e. The molecule has 0 unspecified atom stereocenters. The number of carbonyl (C=O) groups is 2. The molecular weight excluding hydrogens is 330 g/mol. The molecule has 1 fully saturated rings. The van der Waals surface area contributed by atoms with Crippen LogP contribution in [-0.4, -0.2) is 62.0 Å². The highest BCUT2D eigenvalue weighted by Crippen LogP contribution is 2.29. The first-order valence-corrected chi connectivity index (χ1v) is 9.53. The van der Waals surface area contributed by atoms with Crippen LogP contribution in [0.5, 0.6) is 5.75 Å². The molecule has 142 valence electrons. The fourth-order valence-corrected chi connectivity index (χ4v) is 3.83. The number of anilines is 1. The van der Waals surface area contributed by atoms with E-state index in [0.29, 0.717) is 17.0 Å². The summed E-state index contributed by atoms with van der Waals surface area (Å²) in [4.78, 5) is 28.1. The van der Waals surface area contributed by atoms with Gasteiger partial charge in [0, 0.05) is 25.7 Å². The Morgan fingerprint density at radius 1 is 1.23 bits per heavy atom. The molecule has 1 aliphatic carbocycles. The van der Waals surface area contributed by atoms with Crippen LogP contribution in [0.4, 0.5) is 5.69 Å². The Kier molecular flexibility index (Phi) is 6.14. The van der Waals surface area contributed by atoms with Gasteiger partial charge in [-0.15, -0.1) is 0 Å². The first-order chi connectivity index (χ1) is 12.5. The van der Waals surface area contributed by atoms with Gasteiger partial charge in [0.15, 0.2) is 6.61 Å². The van der Waals surface area contributed by atoms with Crippen molar-refractivity contribution in [3.05, 3.63) is 23.8 Å². The van der Waals surface area contributed by atoms with Crippen molar-refractivity contribution in [2.75, 3.05) is 45.7 Å². The lowest BCUT2D eigenvalue weighted by Gasteiger charge is -2.23. The predicted octanol–water partition coefficient (Wildman–Crippen LogP) is 2.60. The minimum absolute atomic E-state index is 0.00614. The van der Waals surface area contributed by atoms with E-state index in [0.717, 1.165) is 25.4 Å². The second kappa shape index (κ2) is 8.54. The highest BCUT2D eigenvalue weighted by atomic mass is 16.5. The van der Waals surface area contributed by atoms with Crippen LogP contribution in [-0.2, 0) is 4.79 Å². The molecule has 26 heavy (non-hydrogen) atoms. The van der Waals surface area contributed by atoms with Gasteiger partial charge in [0.05, 0.1) is 5.69 Å². The number of nitrogens with zero attached hydrogens (tertiary/aromatic N) is 2. The van der Waals surface area contributed by atoms with Gasteiger partial charge in [-0.1, -0.05) is 12.8 Å². The van der Waals surface area contributed by atoms with E-state index in [1.807, 2.05) is 7.05 Å². The maximum absolute atomic E-state index is 12.6. The number of nitrogens with one attached hydrogen (secondary N) is 1. The van der Waals surface area contributed by atoms with Gasteiger partial charge in [0.2, 0.25) is 0 Å². The van der Waals surface area contributed by atoms with E-state index in [2.05, 4.69) is 17.3 Å². The van der Waals surface area contributed by atoms with Gasteiger partial charge in [0.25, 0.3) is 11.8 Å². The smallest absolute Gasteiger partial charge is 0.262 e. The fraction of sp³-hybridized carbons (Fsp3) is 0.600. The van der Waals surface area contributed by atoms with Crippen LogP contribution in [0.1, 0.15) is 42.5 Å². The molecule has 0 radical (unpaired) electrons. The monoisotopic (exact) mass is 359 g/mol. The highest BCUT2D eigenvalue weighted by molar-refractivity contribution is 5.98. The summed E-state index contributed by atoms with van der Waals surface area (Å²) in [6.45, 7) is 2.90. The summed E-state index contributed by atoms with van der Waals surface area (Å²) < 4.78 is 5.39. The van der Waals surface area contributed by atoms with Crippen molar-refractivity contribution in [1.29, 1.82) is 0 Å². The molecule has 1 aromatic rings. The van der Waals surface area contributed by atoms with Crippen LogP contribution in [0.2, 0.25) is 0 Å². The van der Waals surface area contributed by atoms with Crippen molar-refractivity contribution >= 4 is 17.5 Å². The zero-order valence-corrected chi connectivity index (χ0v) is 15.8. The van der Waals surface area contributed by atoms with Crippen molar-refractivity contribution in [2.45, 2.75) is 32.1 Å². The Hall–Kier alpha value is -2.08. The molecular formula is C20H29N3O3. The van der Waals surface area contributed by atoms with E-state index in [1.165, 1.54) is 32.2 Å². The molecule has 1 heterocycles. The van der Waals surface area contributed by atoms with Crippen molar-refractivity contribution < 1.29 is 14.3 Å². The van der Waals surface area contributed by atoms with Crippen LogP contribution in [0.3, 0.4) is 0 Å². The summed E-state index contributed by atoms with van der Waals surface area (Å²) >= 11 is 0. The number of ether oxygens (including phenoxy) is 1. The second-order valence-electron chi connectivity index (χ2n) is 7.54. The Labute approximate surface area is 155 Å². The number of amides is 2. The lowest BCUT2D eigenvalue weighted by molar-refractivity contribution is -0.118. The van der Waals surface area contributed by atoms with Crippen molar-refractivity contribution in [3.63, 3.8) is 0 Å². The van der Waals surface area contributed by atoms with Crippen LogP contribution in [0.15, 0.2) is 18.2 Å². The molecule has 1 aromatic carbocycles. The van der Waals surface area contributed by atoms with Crippen LogP contribution in [0.25, 0.3) is 0 Å². The topological polar surface area (TPSA) is 61.9 Å². The normalized spacial score (nSPS) is 17.0. The predicted molar refractivity (Wildman–Crippen MR) is 102 cm³/mol. The number of carbonyl (C=O) groups excluding carboxylic acids is 2. The molecule has 2 aliphatic rings. The van der Waals surface area contributed by atoms with Gasteiger partial charge in [0.1, 0.15) is 5.75 Å². The molecule has 6 nitrogen and oxygen atoms in total. The van der Waals surface area contributed by atoms with Crippen molar-refractivity contribution in [2.24, 2.45) is 5.92 Å². The third-order valence-electron chi connectivity index (χ3n) is 5.29. The van der Waals surface area contributed by atoms with Gasteiger partial charge in [-0.25, -0.2) is 0 Å². The first-order valence-electron chi connectivity index (χ1n) is 9.53. The summed E-state index contributed by atoms with van der Waals surface area (Å²) in [6, 6.07) is 5.17. The Morgan fingerprint density at radius 3 is 2.77 bits per heavy atom. The molecule has 6 heteroatoms. The van der Waals surface area contributed by atoms with Gasteiger partial charge in [-0.05, 0) is 57.0 Å². The summed E-state index contributed by atoms with van der Waals surface area (Å²) in [5, 5.41) is 2.74. The number of hydrogen-bond acceptors (Lipinski definition) is 4. The zero-order valence-electron chi connectivity index (χ0n) is 15.8. The summed E-state index contributed by atoms with van der Waals surface area (Å²) in [7, 11) is 4.01. The summed E-state index contributed by atoms with van der Waals surface area (Å²) in [5.74, 6) is 1.22. The van der Waals surface area contributed by atoms with E-state index in [4.69, 9.17) is 4.74 Å². The van der Waals surface area contributed by atoms with Gasteiger partial charge in [-0.3, -0.25) is 9.59 Å². The average molecular weight is 359 g/mol. The average Bonchev–Trinajstić information content (AvgIpc) is 3.13. The fourth-order valence-electron chi connectivity index (χ4n) is 3.83. The number of benzene rings is 1. The van der Waals surface area contributed by atoms with Crippen LogP contribution < -0.4 is 10.1 Å². The van der Waals surface area contributed by atoms with Crippen molar-refractivity contribution in [1.82, 2.24) is 9.80 Å². The summed E-state index contributed by atoms with van der Waals surface area (Å²) in [5.41, 5.74) is 1.20. The van der Waals surface area contributed by atoms with E-state index < -0.39 is 0 Å². The van der Waals surface area contributed by atoms with E-state index >= 15 is 0 Å². The lowest BCUT2D eigenvalue weighted by atomic mass is 10.1. The van der Waals surface area contributed by atoms with Gasteiger partial charge >= 0.3 is 0 Å². The Balaban J connectivity index is 1.46. The first kappa shape index (κ1) is 18.7. The number of rotatable bonds is 7. The minimum atomic E-state index is -0.171. The quantitative estimate of drug-likeness (QED) is 0.813. The molecule has 3 rings (SSSR count). The molecule has 0 spiro atoms. The second-order valence-corrected chi connectivity index (χ2v) is 7.54. The molecule has 0 aromatic heterocycles. The largest absolute Gasteiger partial charge is 0.482 e. The van der Waals surface area contributed by atoms with E-state index in [-0.39, 0.29) is 18.4 Å². The molecule has 0 atom stereocenters. The van der Waals surface area contributed by atoms with Gasteiger partial charge in [-0.2, -0.15) is 0 Å². The molecule has 0 saturated heterocycles. The number of hydrogen-bond donors (Lipinski definition) is 1. The zero-order chi connectivity index (χ0) is 18.5. The maximum Gasteiger partial charge on any atom is 0.262 e. The lowest BCUT2D eigenvalue weighted by Crippen LogP contribution is -2.32. The molecule has 1 saturated carbocycles. The van der Waals surface area contributed by atoms with Crippen molar-refractivity contribution in [3.8, 4) is 5.75 Å². The van der Waals surface area contributed by atoms with E-state index in [9.17, 15) is 9.59 Å². The maximum atomic E-state index is 12.6. The number of fused-ring (bicyclic) bond motifs is 1. The summed E-state index contributed by atoms with van der Waals surface area (Å²) in [6.07, 6.45) is 6.45. The Bertz CT molecular complexity index is 656. The third kappa shape index (κ3) is 4.75. The van der Waals surface area contributed by atoms with E-state index in [1.54, 1.807) is 23.1 Å². The molecule has 0 bridgehead atoms. The van der Waals surface area contributed by atoms with Crippen LogP contribution >= 0.6 is 0 Å². The molecule has 2 amide bonds.